The van der Waals surface area contributed by atoms with Crippen molar-refractivity contribution < 1.29 is 14.6 Å². The van der Waals surface area contributed by atoms with Crippen molar-refractivity contribution in [3.63, 3.8) is 0 Å². The Balaban J connectivity index is 2.52. The molecule has 1 fully saturated rings. The van der Waals surface area contributed by atoms with Gasteiger partial charge in [0.05, 0.1) is 12.0 Å². The molecule has 0 aromatic rings. The lowest BCUT2D eigenvalue weighted by molar-refractivity contribution is -0.149. The molecule has 0 radical (unpaired) electrons. The fraction of sp³-hybridized carbons (Fsp3) is 0.900. The number of ether oxygens (including phenoxy) is 1. The molecule has 1 N–H and O–H groups in total. The first-order valence-electron chi connectivity index (χ1n) is 4.88. The van der Waals surface area contributed by atoms with E-state index in [1.54, 1.807) is 0 Å². The molecular weight excluding hydrogens is 168 g/mol. The van der Waals surface area contributed by atoms with Crippen LogP contribution in [0.2, 0.25) is 0 Å². The Hall–Kier alpha value is -0.570. The van der Waals surface area contributed by atoms with Crippen LogP contribution in [-0.4, -0.2) is 24.3 Å². The third-order valence-electron chi connectivity index (χ3n) is 2.76. The highest BCUT2D eigenvalue weighted by Gasteiger charge is 2.41. The van der Waals surface area contributed by atoms with Crippen molar-refractivity contribution >= 4 is 5.97 Å². The summed E-state index contributed by atoms with van der Waals surface area (Å²) in [6, 6.07) is 0. The van der Waals surface area contributed by atoms with Crippen molar-refractivity contribution in [3.05, 3.63) is 0 Å². The summed E-state index contributed by atoms with van der Waals surface area (Å²) in [4.78, 5) is 11.1. The van der Waals surface area contributed by atoms with Crippen molar-refractivity contribution in [3.8, 4) is 0 Å². The molecule has 0 saturated carbocycles. The lowest BCUT2D eigenvalue weighted by atomic mass is 9.81. The summed E-state index contributed by atoms with van der Waals surface area (Å²) >= 11 is 0. The van der Waals surface area contributed by atoms with E-state index in [4.69, 9.17) is 9.84 Å². The van der Waals surface area contributed by atoms with Gasteiger partial charge in [0.2, 0.25) is 0 Å². The first-order chi connectivity index (χ1) is 6.07. The Morgan fingerprint density at radius 1 is 1.62 bits per heavy atom. The number of carboxylic acids is 1. The van der Waals surface area contributed by atoms with Gasteiger partial charge in [-0.2, -0.15) is 0 Å². The Morgan fingerprint density at radius 2 is 2.31 bits per heavy atom. The molecule has 1 rings (SSSR count). The van der Waals surface area contributed by atoms with Gasteiger partial charge in [0.15, 0.2) is 0 Å². The zero-order valence-corrected chi connectivity index (χ0v) is 8.38. The highest BCUT2D eigenvalue weighted by molar-refractivity contribution is 5.75. The van der Waals surface area contributed by atoms with Crippen molar-refractivity contribution in [1.82, 2.24) is 0 Å². The molecule has 76 valence electrons. The predicted molar refractivity (Wildman–Crippen MR) is 49.6 cm³/mol. The minimum Gasteiger partial charge on any atom is -0.481 e. The summed E-state index contributed by atoms with van der Waals surface area (Å²) < 4.78 is 5.17. The van der Waals surface area contributed by atoms with Gasteiger partial charge in [-0.05, 0) is 25.2 Å². The third-order valence-corrected chi connectivity index (χ3v) is 2.76. The maximum Gasteiger partial charge on any atom is 0.312 e. The molecular formula is C10H18O3. The van der Waals surface area contributed by atoms with Crippen LogP contribution < -0.4 is 0 Å². The maximum absolute atomic E-state index is 11.1. The smallest absolute Gasteiger partial charge is 0.312 e. The van der Waals surface area contributed by atoms with Crippen LogP contribution >= 0.6 is 0 Å². The molecule has 3 heteroatoms. The molecule has 0 aliphatic carbocycles. The molecule has 1 saturated heterocycles. The Kier molecular flexibility index (Phi) is 3.31. The van der Waals surface area contributed by atoms with E-state index in [1.807, 2.05) is 0 Å². The summed E-state index contributed by atoms with van der Waals surface area (Å²) in [5.41, 5.74) is -0.579. The molecule has 1 unspecified atom stereocenters. The highest BCUT2D eigenvalue weighted by atomic mass is 16.5. The lowest BCUT2D eigenvalue weighted by Gasteiger charge is -2.22. The number of carbonyl (C=O) groups is 1. The molecule has 0 aromatic carbocycles. The van der Waals surface area contributed by atoms with Gasteiger partial charge in [0.25, 0.3) is 0 Å². The van der Waals surface area contributed by atoms with Crippen LogP contribution in [0.4, 0.5) is 0 Å². The van der Waals surface area contributed by atoms with Gasteiger partial charge in [-0.1, -0.05) is 13.8 Å². The second-order valence-corrected chi connectivity index (χ2v) is 4.32. The SMILES string of the molecule is CC(C)CCC1(C(=O)O)CCOC1. The molecule has 3 nitrogen and oxygen atoms in total. The fourth-order valence-corrected chi connectivity index (χ4v) is 1.64. The Bertz CT molecular complexity index is 181. The summed E-state index contributed by atoms with van der Waals surface area (Å²) in [5, 5.41) is 9.10. The number of rotatable bonds is 4. The average molecular weight is 186 g/mol. The minimum absolute atomic E-state index is 0.398. The Morgan fingerprint density at radius 3 is 2.69 bits per heavy atom. The maximum atomic E-state index is 11.1. The van der Waals surface area contributed by atoms with Crippen LogP contribution in [0.3, 0.4) is 0 Å². The van der Waals surface area contributed by atoms with Crippen molar-refractivity contribution in [2.45, 2.75) is 33.1 Å². The molecule has 0 bridgehead atoms. The molecule has 0 aromatic heterocycles. The zero-order chi connectivity index (χ0) is 9.90. The van der Waals surface area contributed by atoms with Crippen LogP contribution in [0.5, 0.6) is 0 Å². The van der Waals surface area contributed by atoms with E-state index in [0.717, 1.165) is 12.8 Å². The molecule has 0 spiro atoms. The monoisotopic (exact) mass is 186 g/mol. The van der Waals surface area contributed by atoms with Crippen LogP contribution in [-0.2, 0) is 9.53 Å². The summed E-state index contributed by atoms with van der Waals surface area (Å²) in [7, 11) is 0. The van der Waals surface area contributed by atoms with Gasteiger partial charge in [0, 0.05) is 6.61 Å². The van der Waals surface area contributed by atoms with Crippen molar-refractivity contribution in [2.24, 2.45) is 11.3 Å². The van der Waals surface area contributed by atoms with Crippen molar-refractivity contribution in [1.29, 1.82) is 0 Å². The zero-order valence-electron chi connectivity index (χ0n) is 8.38. The molecule has 0 amide bonds. The van der Waals surface area contributed by atoms with Crippen LogP contribution in [0, 0.1) is 11.3 Å². The van der Waals surface area contributed by atoms with Crippen LogP contribution in [0.15, 0.2) is 0 Å². The largest absolute Gasteiger partial charge is 0.481 e. The molecule has 1 aliphatic rings. The number of carboxylic acid groups (broad SMARTS) is 1. The van der Waals surface area contributed by atoms with Crippen molar-refractivity contribution in [2.75, 3.05) is 13.2 Å². The fourth-order valence-electron chi connectivity index (χ4n) is 1.64. The topological polar surface area (TPSA) is 46.5 Å². The van der Waals surface area contributed by atoms with Crippen LogP contribution in [0.25, 0.3) is 0 Å². The average Bonchev–Trinajstić information content (AvgIpc) is 2.50. The van der Waals surface area contributed by atoms with E-state index in [0.29, 0.717) is 25.6 Å². The van der Waals surface area contributed by atoms with Gasteiger partial charge in [-0.3, -0.25) is 4.79 Å². The first-order valence-corrected chi connectivity index (χ1v) is 4.88. The summed E-state index contributed by atoms with van der Waals surface area (Å²) in [6.07, 6.45) is 2.39. The molecule has 1 atom stereocenters. The molecule has 13 heavy (non-hydrogen) atoms. The van der Waals surface area contributed by atoms with Gasteiger partial charge in [-0.25, -0.2) is 0 Å². The normalized spacial score (nSPS) is 28.2. The van der Waals surface area contributed by atoms with Crippen LogP contribution in [0.1, 0.15) is 33.1 Å². The second kappa shape index (κ2) is 4.09. The van der Waals surface area contributed by atoms with E-state index in [-0.39, 0.29) is 0 Å². The van der Waals surface area contributed by atoms with E-state index in [9.17, 15) is 4.79 Å². The predicted octanol–water partition coefficient (Wildman–Crippen LogP) is 1.91. The highest BCUT2D eigenvalue weighted by Crippen LogP contribution is 2.35. The first kappa shape index (κ1) is 10.5. The Labute approximate surface area is 79.1 Å². The van der Waals surface area contributed by atoms with Gasteiger partial charge in [0.1, 0.15) is 0 Å². The number of hydrogen-bond donors (Lipinski definition) is 1. The van der Waals surface area contributed by atoms with Gasteiger partial charge < -0.3 is 9.84 Å². The van der Waals surface area contributed by atoms with E-state index >= 15 is 0 Å². The standard InChI is InChI=1S/C10H18O3/c1-8(2)3-4-10(9(11)12)5-6-13-7-10/h8H,3-7H2,1-2H3,(H,11,12). The van der Waals surface area contributed by atoms with E-state index in [2.05, 4.69) is 13.8 Å². The van der Waals surface area contributed by atoms with Gasteiger partial charge in [-0.15, -0.1) is 0 Å². The third kappa shape index (κ3) is 2.44. The quantitative estimate of drug-likeness (QED) is 0.729. The second-order valence-electron chi connectivity index (χ2n) is 4.32. The number of hydrogen-bond acceptors (Lipinski definition) is 2. The minimum atomic E-state index is -0.689. The molecule has 1 aliphatic heterocycles. The van der Waals surface area contributed by atoms with E-state index < -0.39 is 11.4 Å². The van der Waals surface area contributed by atoms with E-state index in [1.165, 1.54) is 0 Å². The lowest BCUT2D eigenvalue weighted by Crippen LogP contribution is -2.31. The summed E-state index contributed by atoms with van der Waals surface area (Å²) in [6.45, 7) is 5.23. The number of aliphatic carboxylic acids is 1. The summed E-state index contributed by atoms with van der Waals surface area (Å²) in [5.74, 6) is -0.123. The van der Waals surface area contributed by atoms with Gasteiger partial charge >= 0.3 is 5.97 Å². The molecule has 1 heterocycles.